The van der Waals surface area contributed by atoms with Crippen LogP contribution in [0.25, 0.3) is 0 Å². The average Bonchev–Trinajstić information content (AvgIpc) is 2.78. The number of hydrogen-bond acceptors (Lipinski definition) is 10. The fourth-order valence-corrected chi connectivity index (χ4v) is 0.895. The molecule has 15 heteroatoms. The molecule has 0 amide bonds. The van der Waals surface area contributed by atoms with Gasteiger partial charge in [-0.15, -0.1) is 18.8 Å². The molecule has 0 saturated heterocycles. The molecule has 0 heterocycles. The lowest BCUT2D eigenvalue weighted by molar-refractivity contribution is -0.142. The van der Waals surface area contributed by atoms with Gasteiger partial charge in [-0.2, -0.15) is 0 Å². The predicted octanol–water partition coefficient (Wildman–Crippen LogP) is -1.73. The van der Waals surface area contributed by atoms with Crippen LogP contribution in [0.2, 0.25) is 0 Å². The van der Waals surface area contributed by atoms with E-state index in [9.17, 15) is 24.0 Å². The minimum atomic E-state index is -1.16. The summed E-state index contributed by atoms with van der Waals surface area (Å²) in [6.07, 6.45) is 11.4. The van der Waals surface area contributed by atoms with E-state index in [1.807, 2.05) is 12.8 Å². The van der Waals surface area contributed by atoms with E-state index in [4.69, 9.17) is 60.6 Å². The molecule has 0 rings (SSSR count). The van der Waals surface area contributed by atoms with Crippen LogP contribution in [0.3, 0.4) is 0 Å². The summed E-state index contributed by atoms with van der Waals surface area (Å²) >= 11 is 0. The Kier molecular flexibility index (Phi) is 29.7. The van der Waals surface area contributed by atoms with Gasteiger partial charge < -0.3 is 54.2 Å². The van der Waals surface area contributed by atoms with E-state index in [0.717, 1.165) is 6.42 Å². The van der Waals surface area contributed by atoms with Gasteiger partial charge in [-0.25, -0.2) is 4.79 Å². The number of carboxylic acids is 5. The van der Waals surface area contributed by atoms with Gasteiger partial charge in [0.15, 0.2) is 6.04 Å². The second kappa shape index (κ2) is 25.4. The molecule has 0 aliphatic carbocycles. The quantitative estimate of drug-likeness (QED) is 0.146. The molecule has 0 aromatic heterocycles. The number of nitrogens with two attached hydrogens (primary N) is 5. The van der Waals surface area contributed by atoms with E-state index in [-0.39, 0.29) is 6.42 Å². The molecular formula is C22H41N5O10. The summed E-state index contributed by atoms with van der Waals surface area (Å²) in [5.41, 5.74) is 23.9. The zero-order valence-corrected chi connectivity index (χ0v) is 21.5. The molecule has 4 unspecified atom stereocenters. The van der Waals surface area contributed by atoms with Gasteiger partial charge in [0.25, 0.3) is 0 Å². The van der Waals surface area contributed by atoms with Gasteiger partial charge in [0.2, 0.25) is 0 Å². The third-order valence-corrected chi connectivity index (χ3v) is 3.33. The van der Waals surface area contributed by atoms with Crippen molar-refractivity contribution in [2.45, 2.75) is 83.1 Å². The summed E-state index contributed by atoms with van der Waals surface area (Å²) in [6, 6.07) is -3.40. The van der Waals surface area contributed by atoms with Gasteiger partial charge >= 0.3 is 29.8 Å². The normalized spacial score (nSPS) is 12.4. The van der Waals surface area contributed by atoms with Crippen LogP contribution in [0.1, 0.15) is 53.4 Å². The maximum Gasteiger partial charge on any atom is 0.333 e. The van der Waals surface area contributed by atoms with Crippen LogP contribution >= 0.6 is 0 Å². The number of carboxylic acid groups (broad SMARTS) is 5. The summed E-state index contributed by atoms with van der Waals surface area (Å²) in [5.74, 6) is -1.05. The molecule has 214 valence electrons. The Morgan fingerprint density at radius 1 is 0.757 bits per heavy atom. The van der Waals surface area contributed by atoms with Crippen molar-refractivity contribution in [1.82, 2.24) is 0 Å². The highest BCUT2D eigenvalue weighted by atomic mass is 16.4. The lowest BCUT2D eigenvalue weighted by Crippen LogP contribution is -2.41. The van der Waals surface area contributed by atoms with Crippen molar-refractivity contribution in [3.63, 3.8) is 0 Å². The first-order valence-electron chi connectivity index (χ1n) is 10.5. The van der Waals surface area contributed by atoms with Crippen LogP contribution in [0.15, 0.2) is 0 Å². The molecule has 15 N–H and O–H groups in total. The zero-order chi connectivity index (χ0) is 30.9. The molecule has 15 nitrogen and oxygen atoms in total. The molecule has 0 fully saturated rings. The Balaban J connectivity index is -0.000000115. The van der Waals surface area contributed by atoms with Crippen LogP contribution in [0.4, 0.5) is 0 Å². The predicted molar refractivity (Wildman–Crippen MR) is 136 cm³/mol. The SMILES string of the molecule is C#CC(N)C(=O)O.C#CCC(N)C(=O)O.CC(C)(N)C(=O)O.CCC(N)C(=O)O.CCCC(N)C(=O)O. The average molecular weight is 536 g/mol. The molecule has 0 aliphatic heterocycles. The van der Waals surface area contributed by atoms with Crippen LogP contribution in [0, 0.1) is 24.7 Å². The Labute approximate surface area is 216 Å². The smallest absolute Gasteiger partial charge is 0.333 e. The number of hydrogen-bond donors (Lipinski definition) is 10. The van der Waals surface area contributed by atoms with Crippen LogP contribution in [0.5, 0.6) is 0 Å². The molecule has 4 atom stereocenters. The Morgan fingerprint density at radius 2 is 1.11 bits per heavy atom. The van der Waals surface area contributed by atoms with Crippen molar-refractivity contribution < 1.29 is 49.5 Å². The summed E-state index contributed by atoms with van der Waals surface area (Å²) in [4.78, 5) is 49.2. The highest BCUT2D eigenvalue weighted by molar-refractivity contribution is 5.77. The number of aliphatic carboxylic acids is 5. The minimum Gasteiger partial charge on any atom is -0.480 e. The molecule has 0 saturated carbocycles. The second-order valence-electron chi connectivity index (χ2n) is 7.45. The van der Waals surface area contributed by atoms with E-state index in [2.05, 4.69) is 12.3 Å². The van der Waals surface area contributed by atoms with Crippen LogP contribution < -0.4 is 28.7 Å². The van der Waals surface area contributed by atoms with Crippen molar-refractivity contribution in [1.29, 1.82) is 0 Å². The van der Waals surface area contributed by atoms with Gasteiger partial charge in [0.1, 0.15) is 23.7 Å². The topological polar surface area (TPSA) is 317 Å². The van der Waals surface area contributed by atoms with Crippen LogP contribution in [-0.4, -0.2) is 85.1 Å². The number of rotatable bonds is 9. The van der Waals surface area contributed by atoms with Crippen molar-refractivity contribution >= 4 is 29.8 Å². The molecular weight excluding hydrogens is 494 g/mol. The third-order valence-electron chi connectivity index (χ3n) is 3.33. The highest BCUT2D eigenvalue weighted by Gasteiger charge is 2.19. The van der Waals surface area contributed by atoms with Crippen LogP contribution in [-0.2, 0) is 24.0 Å². The van der Waals surface area contributed by atoms with E-state index in [1.165, 1.54) is 13.8 Å². The monoisotopic (exact) mass is 535 g/mol. The minimum absolute atomic E-state index is 0.0926. The summed E-state index contributed by atoms with van der Waals surface area (Å²) in [6.45, 7) is 6.52. The maximum atomic E-state index is 9.96. The Morgan fingerprint density at radius 3 is 1.16 bits per heavy atom. The number of terminal acetylenes is 2. The maximum absolute atomic E-state index is 9.96. The summed E-state index contributed by atoms with van der Waals surface area (Å²) in [5, 5.41) is 40.4. The first-order valence-corrected chi connectivity index (χ1v) is 10.5. The van der Waals surface area contributed by atoms with Gasteiger partial charge in [-0.05, 0) is 26.7 Å². The lowest BCUT2D eigenvalue weighted by atomic mass is 10.1. The highest BCUT2D eigenvalue weighted by Crippen LogP contribution is 1.93. The Hall–Kier alpha value is -3.73. The van der Waals surface area contributed by atoms with E-state index >= 15 is 0 Å². The van der Waals surface area contributed by atoms with Gasteiger partial charge in [0.05, 0.1) is 0 Å². The third kappa shape index (κ3) is 37.0. The second-order valence-corrected chi connectivity index (χ2v) is 7.45. The van der Waals surface area contributed by atoms with E-state index < -0.39 is 59.6 Å². The molecule has 37 heavy (non-hydrogen) atoms. The first-order chi connectivity index (χ1) is 16.7. The molecule has 0 aliphatic rings. The molecule has 0 aromatic carbocycles. The van der Waals surface area contributed by atoms with E-state index in [1.54, 1.807) is 6.92 Å². The molecule has 0 bridgehead atoms. The Bertz CT molecular complexity index is 769. The first kappa shape index (κ1) is 43.4. The van der Waals surface area contributed by atoms with Crippen molar-refractivity contribution in [3.05, 3.63) is 0 Å². The summed E-state index contributed by atoms with van der Waals surface area (Å²) < 4.78 is 0. The largest absolute Gasteiger partial charge is 0.480 e. The van der Waals surface area contributed by atoms with Gasteiger partial charge in [-0.3, -0.25) is 19.2 Å². The summed E-state index contributed by atoms with van der Waals surface area (Å²) in [7, 11) is 0. The van der Waals surface area contributed by atoms with Crippen molar-refractivity contribution in [2.75, 3.05) is 0 Å². The zero-order valence-electron chi connectivity index (χ0n) is 21.5. The van der Waals surface area contributed by atoms with E-state index in [0.29, 0.717) is 12.8 Å². The fraction of sp³-hybridized carbons (Fsp3) is 0.591. The lowest BCUT2D eigenvalue weighted by Gasteiger charge is -2.09. The molecule has 0 radical (unpaired) electrons. The van der Waals surface area contributed by atoms with Crippen molar-refractivity contribution in [2.24, 2.45) is 28.7 Å². The van der Waals surface area contributed by atoms with Crippen molar-refractivity contribution in [3.8, 4) is 24.7 Å². The fourth-order valence-electron chi connectivity index (χ4n) is 0.895. The van der Waals surface area contributed by atoms with Gasteiger partial charge in [-0.1, -0.05) is 26.2 Å². The number of carbonyl (C=O) groups is 5. The van der Waals surface area contributed by atoms with Gasteiger partial charge in [0, 0.05) is 6.42 Å². The standard InChI is InChI=1S/C5H11NO2.C5H7NO2.2C4H9NO2.C4H5NO2/c2*1-2-3-4(6)5(7)8;1-4(2,5)3(6)7;2*1-2-3(5)4(6)7/h4H,2-3,6H2,1H3,(H,7,8);1,4H,3,6H2,(H,7,8);5H2,1-2H3,(H,6,7);3H,2,5H2,1H3,(H,6,7);1,3H,5H2,(H,6,7). The molecule has 0 aromatic rings. The molecule has 0 spiro atoms.